The van der Waals surface area contributed by atoms with Gasteiger partial charge in [-0.1, -0.05) is 0 Å². The van der Waals surface area contributed by atoms with E-state index in [9.17, 15) is 8.42 Å². The molecule has 2 N–H and O–H groups in total. The van der Waals surface area contributed by atoms with E-state index in [1.165, 1.54) is 29.6 Å². The van der Waals surface area contributed by atoms with Crippen LogP contribution in [-0.4, -0.2) is 46.1 Å². The Labute approximate surface area is 113 Å². The highest BCUT2D eigenvalue weighted by Crippen LogP contribution is 2.28. The molecule has 1 heterocycles. The van der Waals surface area contributed by atoms with E-state index in [4.69, 9.17) is 15.2 Å². The first-order valence-electron chi connectivity index (χ1n) is 5.95. The monoisotopic (exact) mass is 286 g/mol. The van der Waals surface area contributed by atoms with E-state index >= 15 is 0 Å². The Morgan fingerprint density at radius 2 is 2.11 bits per heavy atom. The van der Waals surface area contributed by atoms with E-state index in [2.05, 4.69) is 0 Å². The van der Waals surface area contributed by atoms with Gasteiger partial charge in [-0.2, -0.15) is 4.31 Å². The second kappa shape index (κ2) is 5.36. The molecule has 0 spiro atoms. The summed E-state index contributed by atoms with van der Waals surface area (Å²) in [5.41, 5.74) is 6.10. The van der Waals surface area contributed by atoms with Crippen LogP contribution < -0.4 is 10.5 Å². The van der Waals surface area contributed by atoms with Crippen molar-refractivity contribution < 1.29 is 17.9 Å². The smallest absolute Gasteiger partial charge is 0.243 e. The summed E-state index contributed by atoms with van der Waals surface area (Å²) in [6, 6.07) is 4.48. The Morgan fingerprint density at radius 1 is 1.37 bits per heavy atom. The lowest BCUT2D eigenvalue weighted by molar-refractivity contribution is 0.115. The number of nitrogens with two attached hydrogens (primary N) is 1. The summed E-state index contributed by atoms with van der Waals surface area (Å²) in [6.07, 6.45) is 0.674. The van der Waals surface area contributed by atoms with Gasteiger partial charge in [0.15, 0.2) is 0 Å². The lowest BCUT2D eigenvalue weighted by Crippen LogP contribution is -2.30. The van der Waals surface area contributed by atoms with Crippen LogP contribution in [0, 0.1) is 0 Å². The summed E-state index contributed by atoms with van der Waals surface area (Å²) >= 11 is 0. The van der Waals surface area contributed by atoms with E-state index in [1.807, 2.05) is 0 Å². The number of nitrogen functional groups attached to an aromatic ring is 1. The maximum Gasteiger partial charge on any atom is 0.243 e. The van der Waals surface area contributed by atoms with Gasteiger partial charge in [0.1, 0.15) is 5.75 Å². The molecule has 6 nitrogen and oxygen atoms in total. The Balaban J connectivity index is 2.30. The minimum absolute atomic E-state index is 0.0366. The van der Waals surface area contributed by atoms with Gasteiger partial charge in [0.25, 0.3) is 0 Å². The molecule has 0 bridgehead atoms. The topological polar surface area (TPSA) is 81.9 Å². The largest absolute Gasteiger partial charge is 0.495 e. The number of methoxy groups -OCH3 is 2. The van der Waals surface area contributed by atoms with E-state index in [0.29, 0.717) is 30.9 Å². The third-order valence-electron chi connectivity index (χ3n) is 3.28. The van der Waals surface area contributed by atoms with Crippen molar-refractivity contribution in [2.75, 3.05) is 33.0 Å². The molecule has 1 saturated heterocycles. The maximum absolute atomic E-state index is 12.4. The van der Waals surface area contributed by atoms with Crippen molar-refractivity contribution in [1.82, 2.24) is 4.31 Å². The molecule has 0 aliphatic carbocycles. The van der Waals surface area contributed by atoms with Gasteiger partial charge in [0.2, 0.25) is 10.0 Å². The number of anilines is 1. The minimum atomic E-state index is -3.51. The molecule has 1 fully saturated rings. The van der Waals surface area contributed by atoms with Gasteiger partial charge in [0.05, 0.1) is 23.8 Å². The molecule has 1 aromatic rings. The van der Waals surface area contributed by atoms with Gasteiger partial charge >= 0.3 is 0 Å². The molecule has 1 unspecified atom stereocenters. The van der Waals surface area contributed by atoms with Crippen molar-refractivity contribution in [2.45, 2.75) is 17.4 Å². The molecule has 0 aromatic heterocycles. The van der Waals surface area contributed by atoms with Crippen molar-refractivity contribution in [3.63, 3.8) is 0 Å². The van der Waals surface area contributed by atoms with Crippen LogP contribution in [-0.2, 0) is 14.8 Å². The van der Waals surface area contributed by atoms with Crippen molar-refractivity contribution >= 4 is 15.7 Å². The average molecular weight is 286 g/mol. The molecule has 1 aromatic carbocycles. The zero-order valence-electron chi connectivity index (χ0n) is 11.0. The number of hydrogen-bond acceptors (Lipinski definition) is 5. The molecule has 1 aliphatic rings. The van der Waals surface area contributed by atoms with Crippen molar-refractivity contribution in [1.29, 1.82) is 0 Å². The standard InChI is InChI=1S/C12H18N2O4S/c1-17-9-5-6-14(8-9)19(15,16)10-3-4-11(13)12(7-10)18-2/h3-4,7,9H,5-6,8,13H2,1-2H3. The van der Waals surface area contributed by atoms with Gasteiger partial charge in [-0.15, -0.1) is 0 Å². The maximum atomic E-state index is 12.4. The first-order chi connectivity index (χ1) is 8.98. The van der Waals surface area contributed by atoms with Crippen LogP contribution in [0.1, 0.15) is 6.42 Å². The molecule has 0 radical (unpaired) electrons. The number of ether oxygens (including phenoxy) is 2. The third-order valence-corrected chi connectivity index (χ3v) is 5.14. The zero-order chi connectivity index (χ0) is 14.0. The highest BCUT2D eigenvalue weighted by atomic mass is 32.2. The van der Waals surface area contributed by atoms with Crippen LogP contribution >= 0.6 is 0 Å². The second-order valence-electron chi connectivity index (χ2n) is 4.41. The lowest BCUT2D eigenvalue weighted by atomic mass is 10.3. The van der Waals surface area contributed by atoms with Gasteiger partial charge in [-0.05, 0) is 18.6 Å². The first-order valence-corrected chi connectivity index (χ1v) is 7.39. The Kier molecular flexibility index (Phi) is 3.98. The Morgan fingerprint density at radius 3 is 2.68 bits per heavy atom. The van der Waals surface area contributed by atoms with Gasteiger partial charge in [0, 0.05) is 26.3 Å². The van der Waals surface area contributed by atoms with Crippen molar-refractivity contribution in [3.05, 3.63) is 18.2 Å². The lowest BCUT2D eigenvalue weighted by Gasteiger charge is -2.17. The number of hydrogen-bond donors (Lipinski definition) is 1. The second-order valence-corrected chi connectivity index (χ2v) is 6.35. The van der Waals surface area contributed by atoms with Crippen LogP contribution in [0.5, 0.6) is 5.75 Å². The minimum Gasteiger partial charge on any atom is -0.495 e. The first kappa shape index (κ1) is 14.1. The molecule has 1 atom stereocenters. The van der Waals surface area contributed by atoms with Crippen LogP contribution in [0.2, 0.25) is 0 Å². The fraction of sp³-hybridized carbons (Fsp3) is 0.500. The summed E-state index contributed by atoms with van der Waals surface area (Å²) in [5.74, 6) is 0.364. The molecule has 2 rings (SSSR count). The fourth-order valence-electron chi connectivity index (χ4n) is 2.11. The van der Waals surface area contributed by atoms with Crippen molar-refractivity contribution in [3.8, 4) is 5.75 Å². The molecule has 7 heteroatoms. The Bertz CT molecular complexity index is 559. The van der Waals surface area contributed by atoms with Crippen LogP contribution in [0.4, 0.5) is 5.69 Å². The summed E-state index contributed by atoms with van der Waals surface area (Å²) in [5, 5.41) is 0. The van der Waals surface area contributed by atoms with Gasteiger partial charge in [-0.3, -0.25) is 0 Å². The molecule has 1 aliphatic heterocycles. The molecule has 0 amide bonds. The molecular weight excluding hydrogens is 268 g/mol. The highest BCUT2D eigenvalue weighted by Gasteiger charge is 2.32. The third kappa shape index (κ3) is 2.68. The SMILES string of the molecule is COc1cc(S(=O)(=O)N2CCC(OC)C2)ccc1N. The van der Waals surface area contributed by atoms with Gasteiger partial charge in [-0.25, -0.2) is 8.42 Å². The Hall–Kier alpha value is -1.31. The fourth-order valence-corrected chi connectivity index (χ4v) is 3.61. The average Bonchev–Trinajstić information content (AvgIpc) is 2.88. The van der Waals surface area contributed by atoms with Crippen LogP contribution in [0.25, 0.3) is 0 Å². The van der Waals surface area contributed by atoms with Gasteiger partial charge < -0.3 is 15.2 Å². The van der Waals surface area contributed by atoms with E-state index in [1.54, 1.807) is 7.11 Å². The molecule has 0 saturated carbocycles. The zero-order valence-corrected chi connectivity index (χ0v) is 11.8. The predicted octanol–water partition coefficient (Wildman–Crippen LogP) is 0.687. The van der Waals surface area contributed by atoms with Crippen LogP contribution in [0.15, 0.2) is 23.1 Å². The highest BCUT2D eigenvalue weighted by molar-refractivity contribution is 7.89. The predicted molar refractivity (Wildman–Crippen MR) is 71.6 cm³/mol. The number of nitrogens with zero attached hydrogens (tertiary/aromatic N) is 1. The number of sulfonamides is 1. The molecule has 106 valence electrons. The quantitative estimate of drug-likeness (QED) is 0.823. The molecular formula is C12H18N2O4S. The normalized spacial score (nSPS) is 20.6. The summed E-state index contributed by atoms with van der Waals surface area (Å²) in [7, 11) is -0.466. The summed E-state index contributed by atoms with van der Waals surface area (Å²) in [4.78, 5) is 0.190. The molecule has 19 heavy (non-hydrogen) atoms. The number of benzene rings is 1. The van der Waals surface area contributed by atoms with Crippen molar-refractivity contribution in [2.24, 2.45) is 0 Å². The number of rotatable bonds is 4. The summed E-state index contributed by atoms with van der Waals surface area (Å²) < 4.78 is 36.6. The summed E-state index contributed by atoms with van der Waals surface area (Å²) in [6.45, 7) is 0.846. The van der Waals surface area contributed by atoms with E-state index in [-0.39, 0.29) is 11.0 Å². The van der Waals surface area contributed by atoms with Crippen LogP contribution in [0.3, 0.4) is 0 Å². The van der Waals surface area contributed by atoms with E-state index < -0.39 is 10.0 Å². The van der Waals surface area contributed by atoms with E-state index in [0.717, 1.165) is 0 Å².